The number of nitrogens with zero attached hydrogens (tertiary/aromatic N) is 2. The van der Waals surface area contributed by atoms with Gasteiger partial charge in [-0.2, -0.15) is 0 Å². The van der Waals surface area contributed by atoms with Gasteiger partial charge in [-0.15, -0.1) is 0 Å². The Balaban J connectivity index is 1.61. The van der Waals surface area contributed by atoms with Gasteiger partial charge in [0.15, 0.2) is 0 Å². The molecule has 1 saturated heterocycles. The molecule has 0 unspecified atom stereocenters. The molecule has 0 spiro atoms. The molecule has 6 heteroatoms. The number of urea groups is 1. The number of rotatable bonds is 2. The van der Waals surface area contributed by atoms with Gasteiger partial charge >= 0.3 is 12.1 Å². The largest absolute Gasteiger partial charge is 0.450 e. The summed E-state index contributed by atoms with van der Waals surface area (Å²) in [5.41, 5.74) is 2.08. The van der Waals surface area contributed by atoms with Crippen molar-refractivity contribution in [2.75, 3.05) is 31.6 Å². The third-order valence-corrected chi connectivity index (χ3v) is 4.57. The monoisotopic (exact) mass is 317 g/mol. The molecule has 0 aromatic heterocycles. The van der Waals surface area contributed by atoms with Gasteiger partial charge < -0.3 is 19.9 Å². The minimum atomic E-state index is -0.251. The summed E-state index contributed by atoms with van der Waals surface area (Å²) >= 11 is 0. The summed E-state index contributed by atoms with van der Waals surface area (Å²) in [5, 5.41) is 3.01. The summed E-state index contributed by atoms with van der Waals surface area (Å²) in [6.07, 6.45) is 2.19. The molecule has 1 N–H and O–H groups in total. The van der Waals surface area contributed by atoms with Crippen molar-refractivity contribution >= 4 is 17.8 Å². The molecule has 1 fully saturated rings. The molecule has 124 valence electrons. The number of carbonyl (C=O) groups is 2. The van der Waals surface area contributed by atoms with Crippen LogP contribution in [-0.2, 0) is 11.2 Å². The van der Waals surface area contributed by atoms with E-state index in [1.165, 1.54) is 5.56 Å². The van der Waals surface area contributed by atoms with Crippen LogP contribution in [-0.4, -0.2) is 54.2 Å². The minimum absolute atomic E-state index is 0.0375. The maximum absolute atomic E-state index is 12.5. The van der Waals surface area contributed by atoms with E-state index in [1.807, 2.05) is 30.0 Å². The number of nitrogens with one attached hydrogen (secondary N) is 1. The molecule has 1 aromatic rings. The number of para-hydroxylation sites is 1. The Bertz CT molecular complexity index is 582. The molecule has 1 aromatic carbocycles. The van der Waals surface area contributed by atoms with Crippen LogP contribution in [0.2, 0.25) is 0 Å². The molecule has 0 aliphatic carbocycles. The lowest BCUT2D eigenvalue weighted by atomic mass is 10.0. The van der Waals surface area contributed by atoms with E-state index < -0.39 is 0 Å². The number of anilines is 1. The number of hydrogen-bond acceptors (Lipinski definition) is 3. The first-order valence-electron chi connectivity index (χ1n) is 8.26. The Labute approximate surface area is 136 Å². The Hall–Kier alpha value is -2.24. The van der Waals surface area contributed by atoms with Crippen molar-refractivity contribution in [2.45, 2.75) is 32.2 Å². The molecule has 2 aliphatic heterocycles. The van der Waals surface area contributed by atoms with Crippen molar-refractivity contribution in [3.8, 4) is 0 Å². The van der Waals surface area contributed by atoms with Gasteiger partial charge in [0.25, 0.3) is 0 Å². The fraction of sp³-hybridized carbons (Fsp3) is 0.529. The third-order valence-electron chi connectivity index (χ3n) is 4.57. The lowest BCUT2D eigenvalue weighted by Gasteiger charge is -2.37. The van der Waals surface area contributed by atoms with Crippen LogP contribution in [0.1, 0.15) is 25.3 Å². The van der Waals surface area contributed by atoms with Crippen molar-refractivity contribution in [1.29, 1.82) is 0 Å². The fourth-order valence-electron chi connectivity index (χ4n) is 3.31. The normalized spacial score (nSPS) is 18.9. The van der Waals surface area contributed by atoms with E-state index in [1.54, 1.807) is 4.90 Å². The maximum atomic E-state index is 12.5. The van der Waals surface area contributed by atoms with Crippen molar-refractivity contribution in [2.24, 2.45) is 0 Å². The molecule has 3 amide bonds. The van der Waals surface area contributed by atoms with E-state index in [-0.39, 0.29) is 18.2 Å². The SMILES string of the molecule is CCOC(=O)N1CCC(N2CCc3ccccc3NC2=O)CC1. The summed E-state index contributed by atoms with van der Waals surface area (Å²) in [6.45, 7) is 4.20. The smallest absolute Gasteiger partial charge is 0.409 e. The van der Waals surface area contributed by atoms with Crippen LogP contribution in [0.3, 0.4) is 0 Å². The van der Waals surface area contributed by atoms with E-state index in [0.717, 1.165) is 24.9 Å². The molecule has 3 rings (SSSR count). The van der Waals surface area contributed by atoms with Crippen LogP contribution < -0.4 is 5.32 Å². The van der Waals surface area contributed by atoms with Crippen LogP contribution in [0.25, 0.3) is 0 Å². The lowest BCUT2D eigenvalue weighted by molar-refractivity contribution is 0.0833. The Morgan fingerprint density at radius 1 is 1.26 bits per heavy atom. The number of fused-ring (bicyclic) bond motifs is 1. The second-order valence-corrected chi connectivity index (χ2v) is 5.95. The number of ether oxygens (including phenoxy) is 1. The van der Waals surface area contributed by atoms with E-state index in [4.69, 9.17) is 4.74 Å². The summed E-state index contributed by atoms with van der Waals surface area (Å²) in [4.78, 5) is 27.9. The molecule has 6 nitrogen and oxygen atoms in total. The van der Waals surface area contributed by atoms with Crippen LogP contribution >= 0.6 is 0 Å². The van der Waals surface area contributed by atoms with Gasteiger partial charge in [-0.1, -0.05) is 18.2 Å². The average Bonchev–Trinajstić information content (AvgIpc) is 2.73. The Kier molecular flexibility index (Phi) is 4.69. The second kappa shape index (κ2) is 6.89. The van der Waals surface area contributed by atoms with Crippen molar-refractivity contribution < 1.29 is 14.3 Å². The second-order valence-electron chi connectivity index (χ2n) is 5.95. The van der Waals surface area contributed by atoms with Gasteiger partial charge in [0.05, 0.1) is 6.61 Å². The number of likely N-dealkylation sites (tertiary alicyclic amines) is 1. The average molecular weight is 317 g/mol. The fourth-order valence-corrected chi connectivity index (χ4v) is 3.31. The molecular formula is C17H23N3O3. The van der Waals surface area contributed by atoms with E-state index in [9.17, 15) is 9.59 Å². The van der Waals surface area contributed by atoms with Crippen molar-refractivity contribution in [3.05, 3.63) is 29.8 Å². The molecule has 0 atom stereocenters. The molecule has 23 heavy (non-hydrogen) atoms. The summed E-state index contributed by atoms with van der Waals surface area (Å²) in [6, 6.07) is 8.08. The zero-order valence-electron chi connectivity index (χ0n) is 13.5. The first-order chi connectivity index (χ1) is 11.2. The summed E-state index contributed by atoms with van der Waals surface area (Å²) in [5.74, 6) is 0. The molecule has 2 aliphatic rings. The first kappa shape index (κ1) is 15.6. The number of benzene rings is 1. The number of carbonyl (C=O) groups excluding carboxylic acids is 2. The Morgan fingerprint density at radius 3 is 2.74 bits per heavy atom. The predicted octanol–water partition coefficient (Wildman–Crippen LogP) is 2.70. The van der Waals surface area contributed by atoms with E-state index in [2.05, 4.69) is 11.4 Å². The molecule has 2 heterocycles. The topological polar surface area (TPSA) is 61.9 Å². The van der Waals surface area contributed by atoms with Crippen LogP contribution in [0.15, 0.2) is 24.3 Å². The zero-order valence-corrected chi connectivity index (χ0v) is 13.5. The maximum Gasteiger partial charge on any atom is 0.409 e. The number of hydrogen-bond donors (Lipinski definition) is 1. The molecule has 0 saturated carbocycles. The van der Waals surface area contributed by atoms with Crippen LogP contribution in [0.5, 0.6) is 0 Å². The van der Waals surface area contributed by atoms with E-state index >= 15 is 0 Å². The Morgan fingerprint density at radius 2 is 2.00 bits per heavy atom. The van der Waals surface area contributed by atoms with Gasteiger partial charge in [0.2, 0.25) is 0 Å². The third kappa shape index (κ3) is 3.41. The summed E-state index contributed by atoms with van der Waals surface area (Å²) < 4.78 is 5.04. The van der Waals surface area contributed by atoms with Gasteiger partial charge in [0, 0.05) is 31.4 Å². The molecular weight excluding hydrogens is 294 g/mol. The first-order valence-corrected chi connectivity index (χ1v) is 8.26. The zero-order chi connectivity index (χ0) is 16.2. The highest BCUT2D eigenvalue weighted by Crippen LogP contribution is 2.24. The van der Waals surface area contributed by atoms with Gasteiger partial charge in [0.1, 0.15) is 0 Å². The minimum Gasteiger partial charge on any atom is -0.450 e. The van der Waals surface area contributed by atoms with Gasteiger partial charge in [-0.05, 0) is 37.8 Å². The highest BCUT2D eigenvalue weighted by molar-refractivity contribution is 5.91. The lowest BCUT2D eigenvalue weighted by Crippen LogP contribution is -2.50. The predicted molar refractivity (Wildman–Crippen MR) is 87.5 cm³/mol. The van der Waals surface area contributed by atoms with E-state index in [0.29, 0.717) is 26.2 Å². The number of piperidine rings is 1. The highest BCUT2D eigenvalue weighted by Gasteiger charge is 2.31. The van der Waals surface area contributed by atoms with Crippen molar-refractivity contribution in [3.63, 3.8) is 0 Å². The van der Waals surface area contributed by atoms with Crippen LogP contribution in [0.4, 0.5) is 15.3 Å². The highest BCUT2D eigenvalue weighted by atomic mass is 16.6. The quantitative estimate of drug-likeness (QED) is 0.912. The molecule has 0 bridgehead atoms. The summed E-state index contributed by atoms with van der Waals surface area (Å²) in [7, 11) is 0. The molecule has 0 radical (unpaired) electrons. The standard InChI is InChI=1S/C17H23N3O3/c1-2-23-17(22)19-10-8-14(9-11-19)20-12-7-13-5-3-4-6-15(13)18-16(20)21/h3-6,14H,2,7-12H2,1H3,(H,18,21). The van der Waals surface area contributed by atoms with Crippen molar-refractivity contribution in [1.82, 2.24) is 9.80 Å². The van der Waals surface area contributed by atoms with Gasteiger partial charge in [-0.3, -0.25) is 0 Å². The number of amides is 3. The van der Waals surface area contributed by atoms with Gasteiger partial charge in [-0.25, -0.2) is 9.59 Å². The van der Waals surface area contributed by atoms with Crippen LogP contribution in [0, 0.1) is 0 Å².